The second kappa shape index (κ2) is 10.8. The number of aryl methyl sites for hydroxylation is 1. The van der Waals surface area contributed by atoms with E-state index in [-0.39, 0.29) is 30.9 Å². The molecule has 7 heteroatoms. The van der Waals surface area contributed by atoms with Crippen LogP contribution in [0, 0.1) is 20.8 Å². The summed E-state index contributed by atoms with van der Waals surface area (Å²) in [5.74, 6) is -0.832. The molecule has 1 saturated heterocycles. The van der Waals surface area contributed by atoms with Gasteiger partial charge in [0.15, 0.2) is 5.78 Å². The number of Topliss-reactive ketones (excluding diaryl/α,β-unsaturated/α-hetero) is 1. The number of hydrogen-bond acceptors (Lipinski definition) is 5. The summed E-state index contributed by atoms with van der Waals surface area (Å²) in [7, 11) is 0. The molecule has 0 bridgehead atoms. The van der Waals surface area contributed by atoms with Crippen LogP contribution < -0.4 is 0 Å². The van der Waals surface area contributed by atoms with Crippen molar-refractivity contribution in [2.75, 3.05) is 26.3 Å². The standard InChI is InChI=1S/C26H34N2O5/c1-6-28-19(5)23(18(4)24(28)26(31)32-7-2)22(29)16-27(15-21-9-8-14-33-21)25(30)20-12-10-17(3)11-13-20/h10-13,21H,6-9,14-16H2,1-5H3. The van der Waals surface area contributed by atoms with Crippen LogP contribution in [0.3, 0.4) is 0 Å². The Kier molecular flexibility index (Phi) is 8.08. The molecule has 1 aliphatic heterocycles. The zero-order valence-corrected chi connectivity index (χ0v) is 20.3. The van der Waals surface area contributed by atoms with Gasteiger partial charge < -0.3 is 18.9 Å². The highest BCUT2D eigenvalue weighted by Gasteiger charge is 2.30. The number of carbonyl (C=O) groups is 3. The van der Waals surface area contributed by atoms with E-state index in [4.69, 9.17) is 9.47 Å². The van der Waals surface area contributed by atoms with Gasteiger partial charge in [0.2, 0.25) is 0 Å². The Morgan fingerprint density at radius 1 is 1.12 bits per heavy atom. The average molecular weight is 455 g/mol. The number of amides is 1. The predicted octanol–water partition coefficient (Wildman–Crippen LogP) is 4.11. The monoisotopic (exact) mass is 454 g/mol. The summed E-state index contributed by atoms with van der Waals surface area (Å²) in [6, 6.07) is 7.35. The molecule has 0 N–H and O–H groups in total. The van der Waals surface area contributed by atoms with Crippen LogP contribution in [0.2, 0.25) is 0 Å². The minimum atomic E-state index is -0.439. The molecule has 1 unspecified atom stereocenters. The Hall–Kier alpha value is -2.93. The highest BCUT2D eigenvalue weighted by molar-refractivity contribution is 6.06. The first kappa shape index (κ1) is 24.7. The number of ketones is 1. The number of carbonyl (C=O) groups excluding carboxylic acids is 3. The molecule has 0 radical (unpaired) electrons. The van der Waals surface area contributed by atoms with Gasteiger partial charge in [0.25, 0.3) is 5.91 Å². The van der Waals surface area contributed by atoms with Crippen LogP contribution in [0.25, 0.3) is 0 Å². The van der Waals surface area contributed by atoms with Gasteiger partial charge in [-0.1, -0.05) is 17.7 Å². The van der Waals surface area contributed by atoms with Gasteiger partial charge in [-0.05, 0) is 65.2 Å². The fraction of sp³-hybridized carbons (Fsp3) is 0.500. The van der Waals surface area contributed by atoms with Gasteiger partial charge in [-0.3, -0.25) is 9.59 Å². The van der Waals surface area contributed by atoms with Gasteiger partial charge in [0, 0.05) is 36.5 Å². The van der Waals surface area contributed by atoms with E-state index < -0.39 is 5.97 Å². The first-order valence-electron chi connectivity index (χ1n) is 11.7. The van der Waals surface area contributed by atoms with Crippen LogP contribution >= 0.6 is 0 Å². The maximum Gasteiger partial charge on any atom is 0.355 e. The van der Waals surface area contributed by atoms with Crippen molar-refractivity contribution in [1.82, 2.24) is 9.47 Å². The van der Waals surface area contributed by atoms with E-state index >= 15 is 0 Å². The lowest BCUT2D eigenvalue weighted by Gasteiger charge is -2.25. The molecular weight excluding hydrogens is 420 g/mol. The Balaban J connectivity index is 1.92. The number of benzene rings is 1. The second-order valence-corrected chi connectivity index (χ2v) is 8.51. The number of esters is 1. The molecule has 2 aromatic rings. The maximum atomic E-state index is 13.5. The molecule has 0 spiro atoms. The second-order valence-electron chi connectivity index (χ2n) is 8.51. The summed E-state index contributed by atoms with van der Waals surface area (Å²) in [5.41, 5.74) is 3.79. The smallest absolute Gasteiger partial charge is 0.355 e. The van der Waals surface area contributed by atoms with Crippen molar-refractivity contribution in [3.05, 3.63) is 57.9 Å². The lowest BCUT2D eigenvalue weighted by atomic mass is 10.0. The molecule has 178 valence electrons. The van der Waals surface area contributed by atoms with Crippen LogP contribution in [-0.2, 0) is 16.0 Å². The molecule has 1 fully saturated rings. The van der Waals surface area contributed by atoms with E-state index in [9.17, 15) is 14.4 Å². The summed E-state index contributed by atoms with van der Waals surface area (Å²) >= 11 is 0. The Bertz CT molecular complexity index is 1020. The molecule has 3 rings (SSSR count). The molecule has 1 aromatic heterocycles. The largest absolute Gasteiger partial charge is 0.461 e. The normalized spacial score (nSPS) is 15.5. The average Bonchev–Trinajstić information content (AvgIpc) is 3.38. The Morgan fingerprint density at radius 3 is 2.39 bits per heavy atom. The summed E-state index contributed by atoms with van der Waals surface area (Å²) in [4.78, 5) is 41.0. The maximum absolute atomic E-state index is 13.5. The number of ether oxygens (including phenoxy) is 2. The molecule has 0 aliphatic carbocycles. The minimum absolute atomic E-state index is 0.0790. The molecule has 1 atom stereocenters. The van der Waals surface area contributed by atoms with Crippen molar-refractivity contribution in [3.63, 3.8) is 0 Å². The Labute approximate surface area is 195 Å². The van der Waals surface area contributed by atoms with Gasteiger partial charge in [-0.25, -0.2) is 4.79 Å². The lowest BCUT2D eigenvalue weighted by Crippen LogP contribution is -2.41. The van der Waals surface area contributed by atoms with Crippen molar-refractivity contribution in [1.29, 1.82) is 0 Å². The third-order valence-electron chi connectivity index (χ3n) is 6.20. The third-order valence-corrected chi connectivity index (χ3v) is 6.20. The molecular formula is C26H34N2O5. The third kappa shape index (κ3) is 5.36. The quantitative estimate of drug-likeness (QED) is 0.421. The van der Waals surface area contributed by atoms with Crippen LogP contribution in [0.15, 0.2) is 24.3 Å². The van der Waals surface area contributed by atoms with E-state index in [1.165, 1.54) is 0 Å². The number of aromatic nitrogens is 1. The molecule has 1 aromatic carbocycles. The highest BCUT2D eigenvalue weighted by atomic mass is 16.5. The first-order chi connectivity index (χ1) is 15.8. The fourth-order valence-electron chi connectivity index (χ4n) is 4.55. The van der Waals surface area contributed by atoms with Gasteiger partial charge in [0.05, 0.1) is 19.3 Å². The van der Waals surface area contributed by atoms with Crippen molar-refractivity contribution < 1.29 is 23.9 Å². The molecule has 2 heterocycles. The van der Waals surface area contributed by atoms with Crippen LogP contribution in [-0.4, -0.2) is 59.5 Å². The summed E-state index contributed by atoms with van der Waals surface area (Å²) in [6.07, 6.45) is 1.74. The van der Waals surface area contributed by atoms with Crippen molar-refractivity contribution in [3.8, 4) is 0 Å². The van der Waals surface area contributed by atoms with Crippen molar-refractivity contribution >= 4 is 17.7 Å². The topological polar surface area (TPSA) is 77.8 Å². The van der Waals surface area contributed by atoms with Crippen LogP contribution in [0.5, 0.6) is 0 Å². The van der Waals surface area contributed by atoms with Gasteiger partial charge >= 0.3 is 5.97 Å². The van der Waals surface area contributed by atoms with Crippen molar-refractivity contribution in [2.24, 2.45) is 0 Å². The minimum Gasteiger partial charge on any atom is -0.461 e. The van der Waals surface area contributed by atoms with E-state index in [1.54, 1.807) is 30.9 Å². The summed E-state index contributed by atoms with van der Waals surface area (Å²) in [5, 5.41) is 0. The summed E-state index contributed by atoms with van der Waals surface area (Å²) in [6.45, 7) is 11.0. The van der Waals surface area contributed by atoms with Crippen LogP contribution in [0.4, 0.5) is 0 Å². The zero-order chi connectivity index (χ0) is 24.1. The number of nitrogens with zero attached hydrogens (tertiary/aromatic N) is 2. The van der Waals surface area contributed by atoms with E-state index in [0.717, 1.165) is 18.4 Å². The van der Waals surface area contributed by atoms with Crippen LogP contribution in [0.1, 0.15) is 74.7 Å². The van der Waals surface area contributed by atoms with Crippen molar-refractivity contribution in [2.45, 2.75) is 60.1 Å². The SMILES string of the molecule is CCOC(=O)c1c(C)c(C(=O)CN(CC2CCCO2)C(=O)c2ccc(C)cc2)c(C)n1CC. The van der Waals surface area contributed by atoms with Gasteiger partial charge in [0.1, 0.15) is 5.69 Å². The Morgan fingerprint density at radius 2 is 1.82 bits per heavy atom. The molecule has 1 amide bonds. The van der Waals surface area contributed by atoms with E-state index in [2.05, 4.69) is 0 Å². The number of rotatable bonds is 9. The van der Waals surface area contributed by atoms with Gasteiger partial charge in [-0.2, -0.15) is 0 Å². The van der Waals surface area contributed by atoms with E-state index in [1.807, 2.05) is 37.5 Å². The molecule has 0 saturated carbocycles. The fourth-order valence-corrected chi connectivity index (χ4v) is 4.55. The highest BCUT2D eigenvalue weighted by Crippen LogP contribution is 2.25. The lowest BCUT2D eigenvalue weighted by molar-refractivity contribution is 0.0505. The summed E-state index contributed by atoms with van der Waals surface area (Å²) < 4.78 is 12.8. The van der Waals surface area contributed by atoms with Gasteiger partial charge in [-0.15, -0.1) is 0 Å². The zero-order valence-electron chi connectivity index (χ0n) is 20.3. The number of hydrogen-bond donors (Lipinski definition) is 0. The molecule has 1 aliphatic rings. The molecule has 33 heavy (non-hydrogen) atoms. The molecule has 7 nitrogen and oxygen atoms in total. The first-order valence-corrected chi connectivity index (χ1v) is 11.7. The van der Waals surface area contributed by atoms with E-state index in [0.29, 0.717) is 47.8 Å². The predicted molar refractivity (Wildman–Crippen MR) is 126 cm³/mol.